The Kier molecular flexibility index (Phi) is 5.85. The second kappa shape index (κ2) is 8.28. The molecule has 6 heteroatoms. The molecule has 2 aromatic rings. The number of hydrogen-bond acceptors (Lipinski definition) is 3. The van der Waals surface area contributed by atoms with Crippen LogP contribution < -0.4 is 10.6 Å². The molecule has 0 aromatic heterocycles. The molecule has 0 heterocycles. The summed E-state index contributed by atoms with van der Waals surface area (Å²) in [6, 6.07) is 15.9. The molecule has 6 nitrogen and oxygen atoms in total. The fourth-order valence-electron chi connectivity index (χ4n) is 1.99. The van der Waals surface area contributed by atoms with E-state index in [1.807, 2.05) is 30.3 Å². The van der Waals surface area contributed by atoms with Crippen LogP contribution in [0.1, 0.15) is 5.56 Å². The number of carboxylic acids is 1. The van der Waals surface area contributed by atoms with E-state index in [0.29, 0.717) is 11.4 Å². The maximum atomic E-state index is 12.0. The summed E-state index contributed by atoms with van der Waals surface area (Å²) in [5.74, 6) is -1.94. The third-order valence-corrected chi connectivity index (χ3v) is 3.00. The summed E-state index contributed by atoms with van der Waals surface area (Å²) in [5.41, 5.74) is 1.89. The van der Waals surface area contributed by atoms with E-state index < -0.39 is 11.9 Å². The monoisotopic (exact) mass is 324 g/mol. The lowest BCUT2D eigenvalue weighted by Crippen LogP contribution is -2.15. The first kappa shape index (κ1) is 17.0. The van der Waals surface area contributed by atoms with Crippen LogP contribution in [0.4, 0.5) is 11.4 Å². The van der Waals surface area contributed by atoms with Crippen molar-refractivity contribution in [3.05, 3.63) is 72.3 Å². The summed E-state index contributed by atoms with van der Waals surface area (Å²) in [7, 11) is 0. The molecule has 0 atom stereocenters. The van der Waals surface area contributed by atoms with Crippen molar-refractivity contribution in [2.45, 2.75) is 6.42 Å². The lowest BCUT2D eigenvalue weighted by atomic mass is 10.1. The predicted molar refractivity (Wildman–Crippen MR) is 90.6 cm³/mol. The fourth-order valence-corrected chi connectivity index (χ4v) is 1.99. The summed E-state index contributed by atoms with van der Waals surface area (Å²) in [6.45, 7) is 0. The maximum absolute atomic E-state index is 12.0. The van der Waals surface area contributed by atoms with Gasteiger partial charge in [0.05, 0.1) is 6.42 Å². The molecular weight excluding hydrogens is 308 g/mol. The van der Waals surface area contributed by atoms with Gasteiger partial charge in [0.1, 0.15) is 0 Å². The molecule has 0 aliphatic rings. The highest BCUT2D eigenvalue weighted by atomic mass is 16.4. The van der Waals surface area contributed by atoms with E-state index in [1.54, 1.807) is 24.3 Å². The van der Waals surface area contributed by atoms with Crippen LogP contribution in [0.25, 0.3) is 0 Å². The Hall–Kier alpha value is -3.41. The Labute approximate surface area is 138 Å². The van der Waals surface area contributed by atoms with Crippen LogP contribution in [0.2, 0.25) is 0 Å². The summed E-state index contributed by atoms with van der Waals surface area (Å²) >= 11 is 0. The van der Waals surface area contributed by atoms with Gasteiger partial charge in [-0.25, -0.2) is 4.79 Å². The number of hydrogen-bond donors (Lipinski definition) is 3. The van der Waals surface area contributed by atoms with E-state index in [2.05, 4.69) is 10.6 Å². The second-order valence-corrected chi connectivity index (χ2v) is 4.95. The van der Waals surface area contributed by atoms with Gasteiger partial charge in [-0.2, -0.15) is 0 Å². The molecule has 2 amide bonds. The molecule has 0 aliphatic carbocycles. The number of carbonyl (C=O) groups is 3. The minimum absolute atomic E-state index is 0.171. The lowest BCUT2D eigenvalue weighted by Gasteiger charge is -2.08. The first-order valence-electron chi connectivity index (χ1n) is 7.19. The topological polar surface area (TPSA) is 95.5 Å². The zero-order valence-electron chi connectivity index (χ0n) is 12.7. The molecule has 2 rings (SSSR count). The number of aliphatic carboxylic acids is 1. The van der Waals surface area contributed by atoms with E-state index in [0.717, 1.165) is 17.7 Å². The largest absolute Gasteiger partial charge is 0.478 e. The van der Waals surface area contributed by atoms with Gasteiger partial charge in [-0.05, 0) is 23.8 Å². The predicted octanol–water partition coefficient (Wildman–Crippen LogP) is 2.45. The number of carbonyl (C=O) groups excluding carboxylic acids is 2. The van der Waals surface area contributed by atoms with Crippen molar-refractivity contribution in [2.24, 2.45) is 0 Å². The third-order valence-electron chi connectivity index (χ3n) is 3.00. The number of nitrogens with one attached hydrogen (secondary N) is 2. The van der Waals surface area contributed by atoms with Crippen LogP contribution in [0.3, 0.4) is 0 Å². The highest BCUT2D eigenvalue weighted by Crippen LogP contribution is 2.15. The molecule has 0 saturated carbocycles. The Morgan fingerprint density at radius 2 is 1.54 bits per heavy atom. The van der Waals surface area contributed by atoms with Gasteiger partial charge in [0, 0.05) is 23.5 Å². The minimum atomic E-state index is -1.20. The fraction of sp³-hybridized carbons (Fsp3) is 0.0556. The summed E-state index contributed by atoms with van der Waals surface area (Å²) in [6.07, 6.45) is 1.92. The molecule has 0 spiro atoms. The third kappa shape index (κ3) is 5.76. The van der Waals surface area contributed by atoms with Crippen molar-refractivity contribution in [1.82, 2.24) is 0 Å². The molecule has 0 fully saturated rings. The molecule has 0 saturated heterocycles. The standard InChI is InChI=1S/C18H16N2O4/c21-16(9-10-18(23)24)19-14-7-4-8-15(12-14)20-17(22)11-13-5-2-1-3-6-13/h1-10,12H,11H2,(H,19,21)(H,20,22)(H,23,24)/b10-9+. The summed E-state index contributed by atoms with van der Waals surface area (Å²) < 4.78 is 0. The van der Waals surface area contributed by atoms with Crippen LogP contribution in [0.15, 0.2) is 66.7 Å². The van der Waals surface area contributed by atoms with Crippen LogP contribution >= 0.6 is 0 Å². The molecule has 122 valence electrons. The number of benzene rings is 2. The highest BCUT2D eigenvalue weighted by molar-refractivity contribution is 6.02. The SMILES string of the molecule is O=C(O)/C=C/C(=O)Nc1cccc(NC(=O)Cc2ccccc2)c1. The Morgan fingerprint density at radius 1 is 0.875 bits per heavy atom. The number of carboxylic acid groups (broad SMARTS) is 1. The van der Waals surface area contributed by atoms with E-state index in [4.69, 9.17) is 5.11 Å². The molecule has 2 aromatic carbocycles. The van der Waals surface area contributed by atoms with Crippen molar-refractivity contribution < 1.29 is 19.5 Å². The van der Waals surface area contributed by atoms with Crippen LogP contribution in [0.5, 0.6) is 0 Å². The zero-order valence-corrected chi connectivity index (χ0v) is 12.7. The van der Waals surface area contributed by atoms with Crippen molar-refractivity contribution in [1.29, 1.82) is 0 Å². The van der Waals surface area contributed by atoms with Crippen molar-refractivity contribution in [2.75, 3.05) is 10.6 Å². The van der Waals surface area contributed by atoms with E-state index in [9.17, 15) is 14.4 Å². The van der Waals surface area contributed by atoms with Crippen LogP contribution in [0, 0.1) is 0 Å². The first-order chi connectivity index (χ1) is 11.5. The van der Waals surface area contributed by atoms with E-state index in [1.165, 1.54) is 0 Å². The highest BCUT2D eigenvalue weighted by Gasteiger charge is 2.05. The van der Waals surface area contributed by atoms with Gasteiger partial charge in [0.2, 0.25) is 11.8 Å². The lowest BCUT2D eigenvalue weighted by molar-refractivity contribution is -0.131. The molecule has 0 bridgehead atoms. The maximum Gasteiger partial charge on any atom is 0.328 e. The Balaban J connectivity index is 1.96. The normalized spacial score (nSPS) is 10.3. The summed E-state index contributed by atoms with van der Waals surface area (Å²) in [4.78, 5) is 33.9. The quantitative estimate of drug-likeness (QED) is 0.711. The van der Waals surface area contributed by atoms with Crippen molar-refractivity contribution in [3.63, 3.8) is 0 Å². The minimum Gasteiger partial charge on any atom is -0.478 e. The number of anilines is 2. The molecule has 3 N–H and O–H groups in total. The number of amides is 2. The molecule has 24 heavy (non-hydrogen) atoms. The molecular formula is C18H16N2O4. The van der Waals surface area contributed by atoms with Crippen molar-refractivity contribution >= 4 is 29.2 Å². The second-order valence-electron chi connectivity index (χ2n) is 4.95. The molecule has 0 aliphatic heterocycles. The van der Waals surface area contributed by atoms with Gasteiger partial charge in [-0.3, -0.25) is 9.59 Å². The number of rotatable bonds is 6. The molecule has 0 unspecified atom stereocenters. The van der Waals surface area contributed by atoms with E-state index in [-0.39, 0.29) is 12.3 Å². The van der Waals surface area contributed by atoms with Gasteiger partial charge >= 0.3 is 5.97 Å². The first-order valence-corrected chi connectivity index (χ1v) is 7.19. The Bertz CT molecular complexity index is 770. The van der Waals surface area contributed by atoms with Gasteiger partial charge in [0.15, 0.2) is 0 Å². The smallest absolute Gasteiger partial charge is 0.328 e. The summed E-state index contributed by atoms with van der Waals surface area (Å²) in [5, 5.41) is 13.8. The van der Waals surface area contributed by atoms with Gasteiger partial charge in [-0.1, -0.05) is 36.4 Å². The molecule has 0 radical (unpaired) electrons. The van der Waals surface area contributed by atoms with E-state index >= 15 is 0 Å². The van der Waals surface area contributed by atoms with Crippen LogP contribution in [-0.4, -0.2) is 22.9 Å². The van der Waals surface area contributed by atoms with Gasteiger partial charge in [0.25, 0.3) is 0 Å². The zero-order chi connectivity index (χ0) is 17.4. The van der Waals surface area contributed by atoms with Crippen LogP contribution in [-0.2, 0) is 20.8 Å². The van der Waals surface area contributed by atoms with Gasteiger partial charge in [-0.15, -0.1) is 0 Å². The Morgan fingerprint density at radius 3 is 2.21 bits per heavy atom. The van der Waals surface area contributed by atoms with Crippen molar-refractivity contribution in [3.8, 4) is 0 Å². The average Bonchev–Trinajstić information content (AvgIpc) is 2.54. The van der Waals surface area contributed by atoms with Gasteiger partial charge < -0.3 is 15.7 Å². The average molecular weight is 324 g/mol.